The Labute approximate surface area is 209 Å². The molecule has 2 aliphatic rings. The van der Waals surface area contributed by atoms with E-state index in [-0.39, 0.29) is 17.4 Å². The quantitative estimate of drug-likeness (QED) is 0.470. The third kappa shape index (κ3) is 6.09. The molecule has 2 aliphatic heterocycles. The van der Waals surface area contributed by atoms with Gasteiger partial charge in [0.15, 0.2) is 0 Å². The molecule has 35 heavy (non-hydrogen) atoms. The molecule has 9 heteroatoms. The number of nitrogens with zero attached hydrogens (tertiary/aromatic N) is 4. The number of halogens is 4. The van der Waals surface area contributed by atoms with Gasteiger partial charge in [0.25, 0.3) is 0 Å². The van der Waals surface area contributed by atoms with Gasteiger partial charge in [-0.15, -0.1) is 0 Å². The second-order valence-corrected chi connectivity index (χ2v) is 9.94. The average Bonchev–Trinajstić information content (AvgIpc) is 3.50. The number of aryl methyl sites for hydroxylation is 2. The zero-order valence-electron chi connectivity index (χ0n) is 20.2. The van der Waals surface area contributed by atoms with Crippen LogP contribution in [-0.4, -0.2) is 54.6 Å². The molecule has 3 heterocycles. The van der Waals surface area contributed by atoms with Gasteiger partial charge in [0.1, 0.15) is 11.9 Å². The van der Waals surface area contributed by atoms with Crippen molar-refractivity contribution in [3.63, 3.8) is 0 Å². The van der Waals surface area contributed by atoms with Gasteiger partial charge in [-0.25, -0.2) is 4.98 Å². The predicted octanol–water partition coefficient (Wildman–Crippen LogP) is 5.86. The Balaban J connectivity index is 1.59. The number of pyridine rings is 1. The SMILES string of the molecule is Cc1cc(C(F)(F)F)cc(N2CCC[C@H]2C(=O)N(CCCN2CCCC2)c2ccc(Cl)c(C)c2)n1. The van der Waals surface area contributed by atoms with E-state index < -0.39 is 17.8 Å². The van der Waals surface area contributed by atoms with E-state index >= 15 is 0 Å². The number of alkyl halides is 3. The molecular formula is C26H32ClF3N4O. The minimum absolute atomic E-state index is 0.109. The van der Waals surface area contributed by atoms with E-state index in [1.54, 1.807) is 22.8 Å². The van der Waals surface area contributed by atoms with Crippen molar-refractivity contribution in [3.8, 4) is 0 Å². The fourth-order valence-corrected chi connectivity index (χ4v) is 5.18. The van der Waals surface area contributed by atoms with Crippen molar-refractivity contribution in [2.45, 2.75) is 58.2 Å². The number of hydrogen-bond donors (Lipinski definition) is 0. The van der Waals surface area contributed by atoms with Gasteiger partial charge in [-0.1, -0.05) is 11.6 Å². The fraction of sp³-hybridized carbons (Fsp3) is 0.538. The van der Waals surface area contributed by atoms with E-state index in [1.165, 1.54) is 12.8 Å². The number of rotatable bonds is 7. The Morgan fingerprint density at radius 3 is 2.54 bits per heavy atom. The summed E-state index contributed by atoms with van der Waals surface area (Å²) in [5.41, 5.74) is 1.18. The Morgan fingerprint density at radius 2 is 1.86 bits per heavy atom. The molecule has 1 atom stereocenters. The van der Waals surface area contributed by atoms with Gasteiger partial charge in [0.05, 0.1) is 5.56 Å². The highest BCUT2D eigenvalue weighted by atomic mass is 35.5. The summed E-state index contributed by atoms with van der Waals surface area (Å²) in [6.45, 7) is 7.57. The van der Waals surface area contributed by atoms with Crippen LogP contribution in [0.1, 0.15) is 48.9 Å². The van der Waals surface area contributed by atoms with Crippen LogP contribution in [0, 0.1) is 13.8 Å². The van der Waals surface area contributed by atoms with Crippen LogP contribution >= 0.6 is 11.6 Å². The normalized spacial score (nSPS) is 18.9. The number of likely N-dealkylation sites (tertiary alicyclic amines) is 1. The zero-order valence-corrected chi connectivity index (χ0v) is 21.0. The molecule has 0 N–H and O–H groups in total. The van der Waals surface area contributed by atoms with E-state index in [0.717, 1.165) is 49.4 Å². The summed E-state index contributed by atoms with van der Waals surface area (Å²) in [7, 11) is 0. The summed E-state index contributed by atoms with van der Waals surface area (Å²) in [5, 5.41) is 0.629. The van der Waals surface area contributed by atoms with Crippen molar-refractivity contribution < 1.29 is 18.0 Å². The molecule has 0 spiro atoms. The Hall–Kier alpha value is -2.32. The molecule has 1 amide bonds. The Bertz CT molecular complexity index is 1060. The largest absolute Gasteiger partial charge is 0.416 e. The van der Waals surface area contributed by atoms with Crippen LogP contribution in [-0.2, 0) is 11.0 Å². The summed E-state index contributed by atoms with van der Waals surface area (Å²) >= 11 is 6.23. The lowest BCUT2D eigenvalue weighted by atomic mass is 10.1. The monoisotopic (exact) mass is 508 g/mol. The third-order valence-corrected chi connectivity index (χ3v) is 7.30. The number of hydrogen-bond acceptors (Lipinski definition) is 4. The van der Waals surface area contributed by atoms with Crippen molar-refractivity contribution in [1.29, 1.82) is 0 Å². The van der Waals surface area contributed by atoms with E-state index in [0.29, 0.717) is 31.0 Å². The first-order chi connectivity index (χ1) is 16.6. The number of carbonyl (C=O) groups excluding carboxylic acids is 1. The molecule has 0 bridgehead atoms. The van der Waals surface area contributed by atoms with Crippen molar-refractivity contribution in [2.75, 3.05) is 42.5 Å². The highest BCUT2D eigenvalue weighted by molar-refractivity contribution is 6.31. The van der Waals surface area contributed by atoms with Gasteiger partial charge < -0.3 is 14.7 Å². The molecular weight excluding hydrogens is 477 g/mol. The van der Waals surface area contributed by atoms with Gasteiger partial charge in [0.2, 0.25) is 5.91 Å². The summed E-state index contributed by atoms with van der Waals surface area (Å²) in [6, 6.07) is 7.07. The molecule has 2 aromatic rings. The summed E-state index contributed by atoms with van der Waals surface area (Å²) < 4.78 is 40.3. The van der Waals surface area contributed by atoms with Crippen LogP contribution in [0.25, 0.3) is 0 Å². The number of anilines is 2. The topological polar surface area (TPSA) is 39.7 Å². The Kier molecular flexibility index (Phi) is 7.91. The average molecular weight is 509 g/mol. The fourth-order valence-electron chi connectivity index (χ4n) is 5.06. The Morgan fingerprint density at radius 1 is 1.11 bits per heavy atom. The van der Waals surface area contributed by atoms with E-state index in [4.69, 9.17) is 11.6 Å². The van der Waals surface area contributed by atoms with E-state index in [2.05, 4.69) is 9.88 Å². The van der Waals surface area contributed by atoms with Crippen LogP contribution in [0.5, 0.6) is 0 Å². The minimum Gasteiger partial charge on any atom is -0.345 e. The van der Waals surface area contributed by atoms with Crippen molar-refractivity contribution in [2.24, 2.45) is 0 Å². The number of amides is 1. The molecule has 2 saturated heterocycles. The molecule has 5 nitrogen and oxygen atoms in total. The van der Waals surface area contributed by atoms with Crippen LogP contribution in [0.3, 0.4) is 0 Å². The molecule has 0 aliphatic carbocycles. The van der Waals surface area contributed by atoms with Crippen molar-refractivity contribution in [3.05, 3.63) is 52.2 Å². The van der Waals surface area contributed by atoms with Crippen LogP contribution in [0.2, 0.25) is 5.02 Å². The second-order valence-electron chi connectivity index (χ2n) is 9.53. The molecule has 1 aromatic heterocycles. The zero-order chi connectivity index (χ0) is 25.2. The maximum Gasteiger partial charge on any atom is 0.416 e. The van der Waals surface area contributed by atoms with Crippen molar-refractivity contribution in [1.82, 2.24) is 9.88 Å². The van der Waals surface area contributed by atoms with Crippen LogP contribution < -0.4 is 9.80 Å². The maximum atomic E-state index is 13.9. The number of carbonyl (C=O) groups is 1. The third-order valence-electron chi connectivity index (χ3n) is 6.87. The second kappa shape index (κ2) is 10.7. The van der Waals surface area contributed by atoms with Gasteiger partial charge >= 0.3 is 6.18 Å². The number of aromatic nitrogens is 1. The molecule has 4 rings (SSSR count). The molecule has 190 valence electrons. The summed E-state index contributed by atoms with van der Waals surface area (Å²) in [4.78, 5) is 24.2. The van der Waals surface area contributed by atoms with Gasteiger partial charge in [-0.2, -0.15) is 13.2 Å². The smallest absolute Gasteiger partial charge is 0.345 e. The molecule has 0 unspecified atom stereocenters. The van der Waals surface area contributed by atoms with Gasteiger partial charge in [0, 0.05) is 29.5 Å². The lowest BCUT2D eigenvalue weighted by Gasteiger charge is -2.32. The van der Waals surface area contributed by atoms with Crippen molar-refractivity contribution >= 4 is 29.0 Å². The highest BCUT2D eigenvalue weighted by Gasteiger charge is 2.37. The van der Waals surface area contributed by atoms with E-state index in [9.17, 15) is 18.0 Å². The first kappa shape index (κ1) is 25.8. The highest BCUT2D eigenvalue weighted by Crippen LogP contribution is 2.34. The molecule has 0 saturated carbocycles. The van der Waals surface area contributed by atoms with Gasteiger partial charge in [-0.05, 0) is 101 Å². The standard InChI is InChI=1S/C26H32ClF3N4O/c1-18-15-21(8-9-22(18)27)33(14-6-12-32-10-3-4-11-32)25(35)23-7-5-13-34(23)24-17-20(26(28,29)30)16-19(2)31-24/h8-9,15-17,23H,3-7,10-14H2,1-2H3/t23-/m0/s1. The molecule has 0 radical (unpaired) electrons. The predicted molar refractivity (Wildman–Crippen MR) is 133 cm³/mol. The summed E-state index contributed by atoms with van der Waals surface area (Å²) in [6.07, 6.45) is 0.0593. The first-order valence-corrected chi connectivity index (χ1v) is 12.6. The lowest BCUT2D eigenvalue weighted by Crippen LogP contribution is -2.47. The minimum atomic E-state index is -4.47. The maximum absolute atomic E-state index is 13.9. The van der Waals surface area contributed by atoms with E-state index in [1.807, 2.05) is 19.1 Å². The van der Waals surface area contributed by atoms with Crippen LogP contribution in [0.15, 0.2) is 30.3 Å². The first-order valence-electron chi connectivity index (χ1n) is 12.3. The van der Waals surface area contributed by atoms with Crippen LogP contribution in [0.4, 0.5) is 24.7 Å². The lowest BCUT2D eigenvalue weighted by molar-refractivity contribution is -0.137. The summed E-state index contributed by atoms with van der Waals surface area (Å²) in [5.74, 6) is 0.0972. The molecule has 2 fully saturated rings. The molecule has 1 aromatic carbocycles. The van der Waals surface area contributed by atoms with Gasteiger partial charge in [-0.3, -0.25) is 4.79 Å². The number of benzene rings is 1.